The summed E-state index contributed by atoms with van der Waals surface area (Å²) in [5.74, 6) is 0.156. The molecule has 0 aliphatic carbocycles. The molecule has 1 amide bonds. The second kappa shape index (κ2) is 11.0. The zero-order valence-electron chi connectivity index (χ0n) is 21.9. The second-order valence-electron chi connectivity index (χ2n) is 10.1. The number of carbonyl (C=O) groups excluding carboxylic acids is 2. The number of amides is 1. The number of anilines is 2. The molecule has 2 aromatic heterocycles. The maximum absolute atomic E-state index is 13.1. The summed E-state index contributed by atoms with van der Waals surface area (Å²) in [5, 5.41) is 6.84. The van der Waals surface area contributed by atoms with Gasteiger partial charge in [-0.15, -0.1) is 11.3 Å². The summed E-state index contributed by atoms with van der Waals surface area (Å²) in [6.45, 7) is 8.50. The van der Waals surface area contributed by atoms with Crippen LogP contribution in [-0.2, 0) is 22.5 Å². The lowest BCUT2D eigenvalue weighted by Crippen LogP contribution is -2.36. The number of aromatic nitrogens is 1. The number of rotatable bonds is 5. The molecule has 0 spiro atoms. The van der Waals surface area contributed by atoms with E-state index in [-0.39, 0.29) is 23.2 Å². The highest BCUT2D eigenvalue weighted by Gasteiger charge is 2.35. The van der Waals surface area contributed by atoms with Crippen LogP contribution in [0.2, 0.25) is 0 Å². The van der Waals surface area contributed by atoms with Crippen molar-refractivity contribution >= 4 is 62.3 Å². The third-order valence-electron chi connectivity index (χ3n) is 6.86. The normalized spacial score (nSPS) is 16.6. The van der Waals surface area contributed by atoms with E-state index >= 15 is 0 Å². The van der Waals surface area contributed by atoms with Gasteiger partial charge >= 0.3 is 5.97 Å². The smallest absolute Gasteiger partial charge is 0.350 e. The molecule has 0 radical (unpaired) electrons. The number of carbonyl (C=O) groups is 2. The number of piperidine rings is 1. The van der Waals surface area contributed by atoms with Crippen molar-refractivity contribution in [2.45, 2.75) is 58.7 Å². The number of benzene rings is 1. The number of esters is 1. The summed E-state index contributed by atoms with van der Waals surface area (Å²) in [6.07, 6.45) is 4.12. The van der Waals surface area contributed by atoms with Crippen LogP contribution in [0.25, 0.3) is 10.2 Å². The monoisotopic (exact) mass is 552 g/mol. The van der Waals surface area contributed by atoms with Gasteiger partial charge in [0.05, 0.1) is 24.5 Å². The number of fused-ring (bicyclic) bond motifs is 3. The fourth-order valence-corrected chi connectivity index (χ4v) is 6.30. The number of thiophene rings is 1. The zero-order valence-corrected chi connectivity index (χ0v) is 23.5. The van der Waals surface area contributed by atoms with E-state index in [1.807, 2.05) is 6.07 Å². The Morgan fingerprint density at radius 1 is 1.16 bits per heavy atom. The van der Waals surface area contributed by atoms with E-state index in [9.17, 15) is 9.59 Å². The summed E-state index contributed by atoms with van der Waals surface area (Å²) < 4.78 is 11.6. The third-order valence-corrected chi connectivity index (χ3v) is 8.13. The molecule has 8 nitrogen and oxygen atoms in total. The van der Waals surface area contributed by atoms with Crippen LogP contribution in [0, 0.1) is 0 Å². The number of nitrogens with one attached hydrogen (secondary N) is 2. The molecule has 3 aromatic rings. The molecule has 5 rings (SSSR count). The number of pyridine rings is 1. The molecule has 38 heavy (non-hydrogen) atoms. The van der Waals surface area contributed by atoms with Crippen molar-refractivity contribution in [3.8, 4) is 0 Å². The highest BCUT2D eigenvalue weighted by molar-refractivity contribution is 7.80. The van der Waals surface area contributed by atoms with E-state index in [1.165, 1.54) is 17.8 Å². The minimum Gasteiger partial charge on any atom is -0.462 e. The van der Waals surface area contributed by atoms with Gasteiger partial charge in [0, 0.05) is 36.0 Å². The first-order chi connectivity index (χ1) is 18.3. The molecule has 10 heteroatoms. The molecule has 0 atom stereocenters. The van der Waals surface area contributed by atoms with Gasteiger partial charge in [0.25, 0.3) is 5.91 Å². The topological polar surface area (TPSA) is 92.8 Å². The Labute approximate surface area is 231 Å². The van der Waals surface area contributed by atoms with Crippen molar-refractivity contribution in [2.75, 3.05) is 29.9 Å². The average molecular weight is 553 g/mol. The van der Waals surface area contributed by atoms with E-state index in [2.05, 4.69) is 29.4 Å². The number of hydrogen-bond donors (Lipinski definition) is 2. The Kier molecular flexibility index (Phi) is 7.65. The molecule has 2 aliphatic rings. The van der Waals surface area contributed by atoms with Crippen LogP contribution in [0.4, 0.5) is 11.5 Å². The van der Waals surface area contributed by atoms with Gasteiger partial charge in [-0.05, 0) is 69.9 Å². The third kappa shape index (κ3) is 5.39. The first kappa shape index (κ1) is 26.5. The van der Waals surface area contributed by atoms with Crippen LogP contribution >= 0.6 is 23.6 Å². The molecule has 2 N–H and O–H groups in total. The van der Waals surface area contributed by atoms with E-state index in [1.54, 1.807) is 31.2 Å². The van der Waals surface area contributed by atoms with Gasteiger partial charge in [-0.3, -0.25) is 10.1 Å². The van der Waals surface area contributed by atoms with Crippen molar-refractivity contribution in [2.24, 2.45) is 0 Å². The van der Waals surface area contributed by atoms with Crippen molar-refractivity contribution in [3.05, 3.63) is 51.9 Å². The predicted octanol–water partition coefficient (Wildman–Crippen LogP) is 5.44. The molecular formula is C28H32N4O4S2. The molecule has 0 saturated carbocycles. The van der Waals surface area contributed by atoms with Crippen LogP contribution in [0.15, 0.2) is 30.3 Å². The predicted molar refractivity (Wildman–Crippen MR) is 154 cm³/mol. The van der Waals surface area contributed by atoms with E-state index in [0.717, 1.165) is 53.1 Å². The lowest BCUT2D eigenvalue weighted by atomic mass is 9.89. The Balaban J connectivity index is 1.60. The van der Waals surface area contributed by atoms with Gasteiger partial charge < -0.3 is 19.7 Å². The van der Waals surface area contributed by atoms with Crippen LogP contribution in [-0.4, -0.2) is 47.3 Å². The maximum atomic E-state index is 13.1. The van der Waals surface area contributed by atoms with Crippen LogP contribution in [0.3, 0.4) is 0 Å². The van der Waals surface area contributed by atoms with Crippen molar-refractivity contribution in [1.29, 1.82) is 0 Å². The molecule has 0 bridgehead atoms. The summed E-state index contributed by atoms with van der Waals surface area (Å²) in [4.78, 5) is 34.4. The Bertz CT molecular complexity index is 1380. The van der Waals surface area contributed by atoms with Gasteiger partial charge in [-0.1, -0.05) is 18.2 Å². The summed E-state index contributed by atoms with van der Waals surface area (Å²) >= 11 is 6.83. The largest absolute Gasteiger partial charge is 0.462 e. The fourth-order valence-electron chi connectivity index (χ4n) is 5.05. The number of thiocarbonyl (C=S) groups is 1. The number of hydrogen-bond acceptors (Lipinski definition) is 8. The standard InChI is InChI=1S/C28H32N4O4S2/c1-4-35-26(34)22-21(29-27(37)31-24(33)17-11-7-5-8-12-17)20-18-15-28(2,3)36-16-19(18)23(30-25(20)38-22)32-13-9-6-10-14-32/h5,7-8,11-12H,4,6,9-10,13-16H2,1-3H3,(H2,29,31,33,37). The lowest BCUT2D eigenvalue weighted by molar-refractivity contribution is -0.0395. The van der Waals surface area contributed by atoms with Crippen LogP contribution in [0.1, 0.15) is 71.2 Å². The van der Waals surface area contributed by atoms with Gasteiger partial charge in [0.1, 0.15) is 15.5 Å². The molecular weight excluding hydrogens is 520 g/mol. The quantitative estimate of drug-likeness (QED) is 0.319. The van der Waals surface area contributed by atoms with Gasteiger partial charge in [0.15, 0.2) is 5.11 Å². The summed E-state index contributed by atoms with van der Waals surface area (Å²) in [7, 11) is 0. The molecule has 1 aromatic carbocycles. The SMILES string of the molecule is CCOC(=O)c1sc2nc(N3CCCCC3)c3c(c2c1NC(=S)NC(=O)c1ccccc1)CC(C)(C)OC3. The first-order valence-electron chi connectivity index (χ1n) is 13.0. The van der Waals surface area contributed by atoms with Crippen molar-refractivity contribution in [1.82, 2.24) is 10.3 Å². The van der Waals surface area contributed by atoms with Crippen molar-refractivity contribution in [3.63, 3.8) is 0 Å². The Morgan fingerprint density at radius 3 is 2.61 bits per heavy atom. The maximum Gasteiger partial charge on any atom is 0.350 e. The second-order valence-corrected chi connectivity index (χ2v) is 11.6. The van der Waals surface area contributed by atoms with E-state index < -0.39 is 5.97 Å². The van der Waals surface area contributed by atoms with Gasteiger partial charge in [-0.2, -0.15) is 0 Å². The zero-order chi connectivity index (χ0) is 26.9. The first-order valence-corrected chi connectivity index (χ1v) is 14.2. The lowest BCUT2D eigenvalue weighted by Gasteiger charge is -2.36. The summed E-state index contributed by atoms with van der Waals surface area (Å²) in [6, 6.07) is 8.85. The highest BCUT2D eigenvalue weighted by Crippen LogP contribution is 2.45. The highest BCUT2D eigenvalue weighted by atomic mass is 32.1. The van der Waals surface area contributed by atoms with Crippen LogP contribution in [0.5, 0.6) is 0 Å². The molecule has 1 saturated heterocycles. The van der Waals surface area contributed by atoms with E-state index in [0.29, 0.717) is 29.2 Å². The average Bonchev–Trinajstić information content (AvgIpc) is 3.27. The van der Waals surface area contributed by atoms with Gasteiger partial charge in [-0.25, -0.2) is 9.78 Å². The molecule has 0 unspecified atom stereocenters. The van der Waals surface area contributed by atoms with E-state index in [4.69, 9.17) is 26.7 Å². The minimum atomic E-state index is -0.449. The van der Waals surface area contributed by atoms with Crippen LogP contribution < -0.4 is 15.5 Å². The molecule has 200 valence electrons. The molecule has 1 fully saturated rings. The van der Waals surface area contributed by atoms with Crippen molar-refractivity contribution < 1.29 is 19.1 Å². The fraction of sp³-hybridized carbons (Fsp3) is 0.429. The Morgan fingerprint density at radius 2 is 1.89 bits per heavy atom. The summed E-state index contributed by atoms with van der Waals surface area (Å²) in [5.41, 5.74) is 2.77. The number of nitrogens with zero attached hydrogens (tertiary/aromatic N) is 2. The number of ether oxygens (including phenoxy) is 2. The Hall–Kier alpha value is -3.08. The van der Waals surface area contributed by atoms with Gasteiger partial charge in [0.2, 0.25) is 0 Å². The minimum absolute atomic E-state index is 0.101. The molecule has 2 aliphatic heterocycles. The molecule has 4 heterocycles.